The van der Waals surface area contributed by atoms with Gasteiger partial charge in [0.25, 0.3) is 0 Å². The first kappa shape index (κ1) is 19.6. The van der Waals surface area contributed by atoms with Crippen LogP contribution < -0.4 is 5.32 Å². The Morgan fingerprint density at radius 3 is 2.06 bits per heavy atom. The number of anilines is 1. The summed E-state index contributed by atoms with van der Waals surface area (Å²) in [6.07, 6.45) is 6.21. The highest BCUT2D eigenvalue weighted by atomic mass is 32.2. The molecule has 5 aromatic rings. The first-order chi connectivity index (χ1) is 15.3. The minimum absolute atomic E-state index is 1.04. The monoisotopic (exact) mass is 436 g/mol. The quantitative estimate of drug-likeness (QED) is 0.302. The van der Waals surface area contributed by atoms with Crippen molar-refractivity contribution in [3.8, 4) is 0 Å². The van der Waals surface area contributed by atoms with Crippen molar-refractivity contribution in [2.24, 2.45) is 0 Å². The van der Waals surface area contributed by atoms with E-state index in [1.54, 1.807) is 23.1 Å². The second kappa shape index (κ2) is 9.21. The number of thioether (sulfide) groups is 1. The van der Waals surface area contributed by atoms with E-state index in [9.17, 15) is 0 Å². The molecule has 1 N–H and O–H groups in total. The number of aromatic nitrogens is 1. The van der Waals surface area contributed by atoms with Crippen molar-refractivity contribution < 1.29 is 0 Å². The van der Waals surface area contributed by atoms with Crippen LogP contribution in [0.25, 0.3) is 27.1 Å². The molecule has 1 aliphatic heterocycles. The molecule has 0 fully saturated rings. The van der Waals surface area contributed by atoms with Crippen LogP contribution in [0.15, 0.2) is 119 Å². The van der Waals surface area contributed by atoms with Gasteiger partial charge in [0, 0.05) is 4.90 Å². The summed E-state index contributed by atoms with van der Waals surface area (Å²) >= 11 is 3.47. The first-order valence-corrected chi connectivity index (χ1v) is 11.7. The Morgan fingerprint density at radius 2 is 1.35 bits per heavy atom. The van der Waals surface area contributed by atoms with Gasteiger partial charge in [-0.25, -0.2) is 4.98 Å². The maximum atomic E-state index is 4.59. The number of hydrogen-bond acceptors (Lipinski definition) is 4. The lowest BCUT2D eigenvalue weighted by Crippen LogP contribution is -1.86. The fraction of sp³-hybridized carbons (Fsp3) is 0. The Morgan fingerprint density at radius 1 is 0.710 bits per heavy atom. The highest BCUT2D eigenvalue weighted by Gasteiger charge is 2.13. The molecule has 31 heavy (non-hydrogen) atoms. The van der Waals surface area contributed by atoms with E-state index in [4.69, 9.17) is 0 Å². The van der Waals surface area contributed by atoms with E-state index >= 15 is 0 Å². The summed E-state index contributed by atoms with van der Waals surface area (Å²) in [7, 11) is 0. The molecule has 0 saturated heterocycles. The molecule has 0 aliphatic carbocycles. The zero-order valence-corrected chi connectivity index (χ0v) is 18.4. The predicted octanol–water partition coefficient (Wildman–Crippen LogP) is 8.21. The van der Waals surface area contributed by atoms with Gasteiger partial charge in [-0.3, -0.25) is 0 Å². The average molecular weight is 437 g/mol. The van der Waals surface area contributed by atoms with Crippen molar-refractivity contribution in [1.29, 1.82) is 0 Å². The third-order valence-electron chi connectivity index (χ3n) is 4.82. The van der Waals surface area contributed by atoms with E-state index in [0.717, 1.165) is 15.6 Å². The number of hydrogen-bond donors (Lipinski definition) is 1. The van der Waals surface area contributed by atoms with E-state index in [-0.39, 0.29) is 0 Å². The van der Waals surface area contributed by atoms with Crippen LogP contribution in [0.1, 0.15) is 5.01 Å². The van der Waals surface area contributed by atoms with Crippen LogP contribution in [0.2, 0.25) is 0 Å². The van der Waals surface area contributed by atoms with E-state index in [0.29, 0.717) is 0 Å². The van der Waals surface area contributed by atoms with Gasteiger partial charge in [0.1, 0.15) is 5.01 Å². The SMILES string of the molecule is C(=Cc1nc2ccccc2s1)C=C1Nc2ccccc2S1.c1ccc2ccccc2c1. The van der Waals surface area contributed by atoms with Crippen LogP contribution in [0.5, 0.6) is 0 Å². The number of thiazole rings is 1. The number of nitrogens with zero attached hydrogens (tertiary/aromatic N) is 1. The molecule has 2 nitrogen and oxygen atoms in total. The number of benzene rings is 4. The Balaban J connectivity index is 0.000000171. The van der Waals surface area contributed by atoms with Crippen LogP contribution in [0.4, 0.5) is 5.69 Å². The molecule has 0 saturated carbocycles. The molecule has 0 radical (unpaired) electrons. The van der Waals surface area contributed by atoms with Gasteiger partial charge in [0.2, 0.25) is 0 Å². The molecule has 0 unspecified atom stereocenters. The lowest BCUT2D eigenvalue weighted by Gasteiger charge is -1.95. The minimum atomic E-state index is 1.04. The van der Waals surface area contributed by atoms with Gasteiger partial charge in [-0.05, 0) is 47.2 Å². The summed E-state index contributed by atoms with van der Waals surface area (Å²) < 4.78 is 1.23. The third-order valence-corrected chi connectivity index (χ3v) is 6.86. The number of fused-ring (bicyclic) bond motifs is 3. The zero-order chi connectivity index (χ0) is 20.9. The number of para-hydroxylation sites is 2. The van der Waals surface area contributed by atoms with Crippen LogP contribution in [0.3, 0.4) is 0 Å². The Hall–Kier alpha value is -3.34. The summed E-state index contributed by atoms with van der Waals surface area (Å²) in [5, 5.41) is 8.21. The smallest absolute Gasteiger partial charge is 0.117 e. The van der Waals surface area contributed by atoms with Gasteiger partial charge < -0.3 is 5.32 Å². The van der Waals surface area contributed by atoms with Crippen LogP contribution in [-0.2, 0) is 0 Å². The van der Waals surface area contributed by atoms with Crippen molar-refractivity contribution in [1.82, 2.24) is 4.98 Å². The molecule has 0 amide bonds. The topological polar surface area (TPSA) is 24.9 Å². The summed E-state index contributed by atoms with van der Waals surface area (Å²) in [6.45, 7) is 0. The van der Waals surface area contributed by atoms with Gasteiger partial charge in [0.15, 0.2) is 0 Å². The molecule has 4 aromatic carbocycles. The van der Waals surface area contributed by atoms with E-state index in [1.807, 2.05) is 24.3 Å². The number of nitrogens with one attached hydrogen (secondary N) is 1. The maximum Gasteiger partial charge on any atom is 0.117 e. The molecule has 0 bridgehead atoms. The number of rotatable bonds is 2. The van der Waals surface area contributed by atoms with Crippen molar-refractivity contribution in [2.45, 2.75) is 4.90 Å². The van der Waals surface area contributed by atoms with Crippen molar-refractivity contribution in [3.05, 3.63) is 119 Å². The normalized spacial score (nSPS) is 13.9. The van der Waals surface area contributed by atoms with Crippen LogP contribution in [-0.4, -0.2) is 4.98 Å². The lowest BCUT2D eigenvalue weighted by molar-refractivity contribution is 1.46. The van der Waals surface area contributed by atoms with Gasteiger partial charge in [-0.1, -0.05) is 90.6 Å². The zero-order valence-electron chi connectivity index (χ0n) is 16.7. The molecule has 150 valence electrons. The van der Waals surface area contributed by atoms with Gasteiger partial charge in [-0.15, -0.1) is 11.3 Å². The van der Waals surface area contributed by atoms with Crippen molar-refractivity contribution >= 4 is 55.9 Å². The second-order valence-corrected chi connectivity index (χ2v) is 9.13. The van der Waals surface area contributed by atoms with Gasteiger partial charge >= 0.3 is 0 Å². The second-order valence-electron chi connectivity index (χ2n) is 6.98. The number of allylic oxidation sites excluding steroid dienone is 2. The average Bonchev–Trinajstić information content (AvgIpc) is 3.43. The molecule has 6 rings (SSSR count). The predicted molar refractivity (Wildman–Crippen MR) is 137 cm³/mol. The highest BCUT2D eigenvalue weighted by Crippen LogP contribution is 2.40. The van der Waals surface area contributed by atoms with Gasteiger partial charge in [-0.2, -0.15) is 0 Å². The molecular formula is C27H20N2S2. The van der Waals surface area contributed by atoms with Crippen LogP contribution in [0, 0.1) is 0 Å². The molecule has 0 spiro atoms. The fourth-order valence-corrected chi connectivity index (χ4v) is 5.12. The molecule has 2 heterocycles. The maximum absolute atomic E-state index is 4.59. The lowest BCUT2D eigenvalue weighted by atomic mass is 10.1. The summed E-state index contributed by atoms with van der Waals surface area (Å²) in [6, 6.07) is 33.3. The Bertz CT molecular complexity index is 1270. The van der Waals surface area contributed by atoms with E-state index in [1.165, 1.54) is 26.1 Å². The van der Waals surface area contributed by atoms with Crippen molar-refractivity contribution in [2.75, 3.05) is 5.32 Å². The van der Waals surface area contributed by atoms with Crippen LogP contribution >= 0.6 is 23.1 Å². The first-order valence-electron chi connectivity index (χ1n) is 10.1. The summed E-state index contributed by atoms with van der Waals surface area (Å²) in [4.78, 5) is 5.87. The molecular weight excluding hydrogens is 416 g/mol. The molecule has 0 atom stereocenters. The highest BCUT2D eigenvalue weighted by molar-refractivity contribution is 8.03. The fourth-order valence-electron chi connectivity index (χ4n) is 3.32. The minimum Gasteiger partial charge on any atom is -0.349 e. The molecule has 1 aliphatic rings. The summed E-state index contributed by atoms with van der Waals surface area (Å²) in [5.74, 6) is 0. The van der Waals surface area contributed by atoms with Gasteiger partial charge in [0.05, 0.1) is 20.9 Å². The van der Waals surface area contributed by atoms with Crippen molar-refractivity contribution in [3.63, 3.8) is 0 Å². The largest absolute Gasteiger partial charge is 0.349 e. The molecule has 4 heteroatoms. The Kier molecular flexibility index (Phi) is 5.83. The molecule has 1 aromatic heterocycles. The van der Waals surface area contributed by atoms with E-state index < -0.39 is 0 Å². The summed E-state index contributed by atoms with van der Waals surface area (Å²) in [5.41, 5.74) is 2.25. The standard InChI is InChI=1S/C17H12N2S2.C10H8/c1-3-8-14-12(6-1)18-16(20-14)10-5-11-17-19-13-7-2-4-9-15(13)21-17;1-2-6-10-8-4-3-7-9(10)5-1/h1-11,18H;1-8H. The van der Waals surface area contributed by atoms with E-state index in [2.05, 4.69) is 101 Å². The third kappa shape index (κ3) is 4.71. The Labute approximate surface area is 190 Å².